The van der Waals surface area contributed by atoms with Crippen molar-refractivity contribution in [1.82, 2.24) is 20.5 Å². The standard InChI is InChI=1S/C17H31N5S.HI/c1-15-14-21-16(23-15)8-10-20-17(18-2)19-9-7-13-22-11-5-3-4-6-12-22;/h14H,3-13H2,1-2H3,(H2,18,19,20);1H. The molecule has 0 unspecified atom stereocenters. The van der Waals surface area contributed by atoms with Crippen LogP contribution in [0.2, 0.25) is 0 Å². The Hall–Kier alpha value is -0.410. The zero-order valence-corrected chi connectivity index (χ0v) is 18.2. The molecule has 1 saturated heterocycles. The Kier molecular flexibility index (Phi) is 11.6. The van der Waals surface area contributed by atoms with Gasteiger partial charge in [-0.1, -0.05) is 12.8 Å². The lowest BCUT2D eigenvalue weighted by atomic mass is 10.2. The molecule has 0 aromatic carbocycles. The van der Waals surface area contributed by atoms with Crippen molar-refractivity contribution in [2.24, 2.45) is 4.99 Å². The first kappa shape index (κ1) is 21.6. The van der Waals surface area contributed by atoms with E-state index in [4.69, 9.17) is 0 Å². The van der Waals surface area contributed by atoms with Gasteiger partial charge in [-0.2, -0.15) is 0 Å². The molecule has 0 bridgehead atoms. The molecule has 0 saturated carbocycles. The predicted octanol–water partition coefficient (Wildman–Crippen LogP) is 3.04. The molecule has 1 aromatic heterocycles. The Bertz CT molecular complexity index is 469. The Morgan fingerprint density at radius 1 is 1.21 bits per heavy atom. The largest absolute Gasteiger partial charge is 0.356 e. The van der Waals surface area contributed by atoms with Crippen LogP contribution in [0, 0.1) is 6.92 Å². The topological polar surface area (TPSA) is 52.6 Å². The van der Waals surface area contributed by atoms with Gasteiger partial charge in [-0.25, -0.2) is 4.98 Å². The summed E-state index contributed by atoms with van der Waals surface area (Å²) < 4.78 is 0. The second-order valence-electron chi connectivity index (χ2n) is 6.15. The van der Waals surface area contributed by atoms with Crippen LogP contribution in [0.4, 0.5) is 0 Å². The van der Waals surface area contributed by atoms with Crippen molar-refractivity contribution < 1.29 is 0 Å². The van der Waals surface area contributed by atoms with Crippen molar-refractivity contribution in [3.8, 4) is 0 Å². The highest BCUT2D eigenvalue weighted by Crippen LogP contribution is 2.11. The molecule has 1 fully saturated rings. The molecule has 0 radical (unpaired) electrons. The summed E-state index contributed by atoms with van der Waals surface area (Å²) in [7, 11) is 1.83. The fourth-order valence-corrected chi connectivity index (χ4v) is 3.68. The average Bonchev–Trinajstić information content (AvgIpc) is 2.81. The molecular weight excluding hydrogens is 433 g/mol. The van der Waals surface area contributed by atoms with E-state index >= 15 is 0 Å². The number of hydrogen-bond donors (Lipinski definition) is 2. The van der Waals surface area contributed by atoms with Gasteiger partial charge < -0.3 is 15.5 Å². The van der Waals surface area contributed by atoms with Crippen LogP contribution >= 0.6 is 35.3 Å². The van der Waals surface area contributed by atoms with Crippen molar-refractivity contribution in [3.05, 3.63) is 16.1 Å². The predicted molar refractivity (Wildman–Crippen MR) is 115 cm³/mol. The molecule has 0 amide bonds. The summed E-state index contributed by atoms with van der Waals surface area (Å²) in [5, 5.41) is 7.97. The number of halogens is 1. The van der Waals surface area contributed by atoms with Crippen molar-refractivity contribution in [3.63, 3.8) is 0 Å². The van der Waals surface area contributed by atoms with Gasteiger partial charge >= 0.3 is 0 Å². The van der Waals surface area contributed by atoms with Crippen LogP contribution in [-0.2, 0) is 6.42 Å². The van der Waals surface area contributed by atoms with E-state index in [0.717, 1.165) is 25.5 Å². The SMILES string of the molecule is CN=C(NCCCN1CCCCCC1)NCCc1ncc(C)s1.I. The van der Waals surface area contributed by atoms with Gasteiger partial charge in [0.05, 0.1) is 5.01 Å². The molecule has 7 heteroatoms. The first-order chi connectivity index (χ1) is 11.3. The quantitative estimate of drug-likeness (QED) is 0.281. The minimum atomic E-state index is 0. The molecule has 24 heavy (non-hydrogen) atoms. The Balaban J connectivity index is 0.00000288. The zero-order valence-electron chi connectivity index (χ0n) is 15.0. The number of hydrogen-bond acceptors (Lipinski definition) is 4. The van der Waals surface area contributed by atoms with Gasteiger partial charge in [0.2, 0.25) is 0 Å². The number of likely N-dealkylation sites (tertiary alicyclic amines) is 1. The number of aliphatic imine (C=N–C) groups is 1. The summed E-state index contributed by atoms with van der Waals surface area (Å²) in [6.07, 6.45) is 9.61. The molecule has 1 aromatic rings. The normalized spacial score (nSPS) is 16.3. The average molecular weight is 465 g/mol. The zero-order chi connectivity index (χ0) is 16.3. The summed E-state index contributed by atoms with van der Waals surface area (Å²) in [5.74, 6) is 0.897. The second-order valence-corrected chi connectivity index (χ2v) is 7.47. The summed E-state index contributed by atoms with van der Waals surface area (Å²) in [5.41, 5.74) is 0. The van der Waals surface area contributed by atoms with Gasteiger partial charge in [0.15, 0.2) is 5.96 Å². The van der Waals surface area contributed by atoms with E-state index in [-0.39, 0.29) is 24.0 Å². The highest BCUT2D eigenvalue weighted by molar-refractivity contribution is 14.0. The van der Waals surface area contributed by atoms with Gasteiger partial charge in [0.1, 0.15) is 0 Å². The van der Waals surface area contributed by atoms with Crippen molar-refractivity contribution in [1.29, 1.82) is 0 Å². The highest BCUT2D eigenvalue weighted by atomic mass is 127. The van der Waals surface area contributed by atoms with Gasteiger partial charge in [0, 0.05) is 37.6 Å². The van der Waals surface area contributed by atoms with Crippen LogP contribution in [0.3, 0.4) is 0 Å². The Morgan fingerprint density at radius 3 is 2.54 bits per heavy atom. The Labute approximate surface area is 167 Å². The molecule has 138 valence electrons. The molecule has 0 spiro atoms. The Morgan fingerprint density at radius 2 is 1.92 bits per heavy atom. The molecule has 1 aliphatic heterocycles. The molecule has 1 aliphatic rings. The fourth-order valence-electron chi connectivity index (χ4n) is 2.89. The van der Waals surface area contributed by atoms with Crippen LogP contribution in [0.1, 0.15) is 42.0 Å². The number of thiazole rings is 1. The summed E-state index contributed by atoms with van der Waals surface area (Å²) in [4.78, 5) is 12.6. The number of guanidine groups is 1. The summed E-state index contributed by atoms with van der Waals surface area (Å²) in [6, 6.07) is 0. The molecule has 5 nitrogen and oxygen atoms in total. The number of aryl methyl sites for hydroxylation is 1. The molecule has 0 aliphatic carbocycles. The maximum absolute atomic E-state index is 4.39. The molecule has 2 rings (SSSR count). The van der Waals surface area contributed by atoms with E-state index in [1.807, 2.05) is 13.2 Å². The van der Waals surface area contributed by atoms with Crippen LogP contribution < -0.4 is 10.6 Å². The molecule has 2 heterocycles. The maximum atomic E-state index is 4.39. The lowest BCUT2D eigenvalue weighted by Gasteiger charge is -2.20. The lowest BCUT2D eigenvalue weighted by molar-refractivity contribution is 0.282. The van der Waals surface area contributed by atoms with E-state index in [9.17, 15) is 0 Å². The minimum Gasteiger partial charge on any atom is -0.356 e. The van der Waals surface area contributed by atoms with Gasteiger partial charge in [-0.15, -0.1) is 35.3 Å². The van der Waals surface area contributed by atoms with Crippen molar-refractivity contribution >= 4 is 41.3 Å². The smallest absolute Gasteiger partial charge is 0.190 e. The third kappa shape index (κ3) is 8.62. The first-order valence-electron chi connectivity index (χ1n) is 8.86. The van der Waals surface area contributed by atoms with Crippen LogP contribution in [-0.4, -0.2) is 55.6 Å². The van der Waals surface area contributed by atoms with Crippen molar-refractivity contribution in [2.45, 2.75) is 45.4 Å². The number of aromatic nitrogens is 1. The first-order valence-corrected chi connectivity index (χ1v) is 9.68. The maximum Gasteiger partial charge on any atom is 0.190 e. The summed E-state index contributed by atoms with van der Waals surface area (Å²) in [6.45, 7) is 7.70. The van der Waals surface area contributed by atoms with E-state index in [0.29, 0.717) is 0 Å². The van der Waals surface area contributed by atoms with E-state index in [1.54, 1.807) is 11.3 Å². The molecule has 2 N–H and O–H groups in total. The minimum absolute atomic E-state index is 0. The third-order valence-electron chi connectivity index (χ3n) is 4.17. The van der Waals surface area contributed by atoms with Crippen LogP contribution in [0.15, 0.2) is 11.2 Å². The third-order valence-corrected chi connectivity index (χ3v) is 5.14. The van der Waals surface area contributed by atoms with Gasteiger partial charge in [-0.3, -0.25) is 4.99 Å². The number of rotatable bonds is 7. The summed E-state index contributed by atoms with van der Waals surface area (Å²) >= 11 is 1.77. The number of nitrogens with zero attached hydrogens (tertiary/aromatic N) is 3. The molecule has 0 atom stereocenters. The highest BCUT2D eigenvalue weighted by Gasteiger charge is 2.08. The second kappa shape index (κ2) is 12.9. The van der Waals surface area contributed by atoms with E-state index in [1.165, 1.54) is 61.6 Å². The van der Waals surface area contributed by atoms with E-state index < -0.39 is 0 Å². The molecular formula is C17H32IN5S. The van der Waals surface area contributed by atoms with Crippen molar-refractivity contribution in [2.75, 3.05) is 39.8 Å². The monoisotopic (exact) mass is 465 g/mol. The number of nitrogens with one attached hydrogen (secondary N) is 2. The fraction of sp³-hybridized carbons (Fsp3) is 0.765. The van der Waals surface area contributed by atoms with E-state index in [2.05, 4.69) is 32.4 Å². The van der Waals surface area contributed by atoms with Crippen LogP contribution in [0.5, 0.6) is 0 Å². The van der Waals surface area contributed by atoms with Gasteiger partial charge in [-0.05, 0) is 45.8 Å². The van der Waals surface area contributed by atoms with Crippen LogP contribution in [0.25, 0.3) is 0 Å². The lowest BCUT2D eigenvalue weighted by Crippen LogP contribution is -2.39. The van der Waals surface area contributed by atoms with Gasteiger partial charge in [0.25, 0.3) is 0 Å².